The van der Waals surface area contributed by atoms with E-state index in [1.165, 1.54) is 0 Å². The molecule has 0 aliphatic carbocycles. The number of carbonyl (C=O) groups excluding carboxylic acids is 3. The number of carbonyl (C=O) groups is 3. The van der Waals surface area contributed by atoms with Crippen LogP contribution in [0.25, 0.3) is 10.8 Å². The van der Waals surface area contributed by atoms with Crippen LogP contribution < -0.4 is 18.9 Å². The lowest BCUT2D eigenvalue weighted by atomic mass is 10.1. The zero-order chi connectivity index (χ0) is 33.6. The minimum Gasteiger partial charge on any atom is -0.494 e. The maximum Gasteiger partial charge on any atom is 0.343 e. The molecule has 4 aromatic carbocycles. The first-order valence-electron chi connectivity index (χ1n) is 15.4. The van der Waals surface area contributed by atoms with E-state index in [0.29, 0.717) is 48.0 Å². The highest BCUT2D eigenvalue weighted by Crippen LogP contribution is 2.29. The lowest BCUT2D eigenvalue weighted by molar-refractivity contribution is -0.137. The van der Waals surface area contributed by atoms with Crippen molar-refractivity contribution in [1.82, 2.24) is 0 Å². The van der Waals surface area contributed by atoms with E-state index in [1.807, 2.05) is 31.2 Å². The molecule has 244 valence electrons. The van der Waals surface area contributed by atoms with Crippen LogP contribution in [0.15, 0.2) is 104 Å². The Kier molecular flexibility index (Phi) is 12.7. The molecule has 4 rings (SSSR count). The summed E-state index contributed by atoms with van der Waals surface area (Å²) < 4.78 is 27.4. The van der Waals surface area contributed by atoms with E-state index in [9.17, 15) is 19.5 Å². The number of aliphatic hydroxyl groups excluding tert-OH is 1. The van der Waals surface area contributed by atoms with Crippen LogP contribution >= 0.6 is 0 Å². The Balaban J connectivity index is 1.29. The summed E-state index contributed by atoms with van der Waals surface area (Å²) in [5.74, 6) is 0.390. The van der Waals surface area contributed by atoms with Crippen LogP contribution in [-0.2, 0) is 20.7 Å². The molecule has 0 spiro atoms. The summed E-state index contributed by atoms with van der Waals surface area (Å²) in [6, 6.07) is 22.3. The number of hydrogen-bond acceptors (Lipinski definition) is 9. The van der Waals surface area contributed by atoms with Crippen LogP contribution in [0.2, 0.25) is 0 Å². The number of esters is 3. The van der Waals surface area contributed by atoms with Gasteiger partial charge in [-0.3, -0.25) is 0 Å². The zero-order valence-corrected chi connectivity index (χ0v) is 26.3. The summed E-state index contributed by atoms with van der Waals surface area (Å²) in [4.78, 5) is 35.5. The van der Waals surface area contributed by atoms with Gasteiger partial charge in [0.1, 0.15) is 23.0 Å². The first kappa shape index (κ1) is 34.5. The van der Waals surface area contributed by atoms with Crippen molar-refractivity contribution < 1.29 is 43.2 Å². The average molecular weight is 639 g/mol. The summed E-state index contributed by atoms with van der Waals surface area (Å²) in [5.41, 5.74) is 1.60. The molecule has 0 saturated heterocycles. The highest BCUT2D eigenvalue weighted by Gasteiger charge is 2.15. The van der Waals surface area contributed by atoms with Crippen molar-refractivity contribution >= 4 is 28.7 Å². The number of benzene rings is 4. The minimum absolute atomic E-state index is 0.317. The van der Waals surface area contributed by atoms with E-state index in [-0.39, 0.29) is 0 Å². The number of hydrogen-bond donors (Lipinski definition) is 1. The van der Waals surface area contributed by atoms with Gasteiger partial charge in [0.15, 0.2) is 0 Å². The molecule has 0 heterocycles. The lowest BCUT2D eigenvalue weighted by Gasteiger charge is -2.16. The molecular formula is C38H38O9. The van der Waals surface area contributed by atoms with Crippen LogP contribution in [0.1, 0.15) is 60.4 Å². The SMILES string of the molecule is C=CC(=O)OCCCCCCOc1ccc2cc(C(=O)Oc3ccc(OC(O)c4ccc(OC(=O)C=C)cc4)cc3CC)ccc2c1. The summed E-state index contributed by atoms with van der Waals surface area (Å²) in [7, 11) is 0. The molecule has 1 unspecified atom stereocenters. The average Bonchev–Trinajstić information content (AvgIpc) is 3.09. The third-order valence-corrected chi connectivity index (χ3v) is 7.18. The molecule has 0 radical (unpaired) electrons. The number of fused-ring (bicyclic) bond motifs is 1. The van der Waals surface area contributed by atoms with Gasteiger partial charge in [-0.1, -0.05) is 32.2 Å². The predicted molar refractivity (Wildman–Crippen MR) is 178 cm³/mol. The normalized spacial score (nSPS) is 11.3. The predicted octanol–water partition coefficient (Wildman–Crippen LogP) is 7.45. The van der Waals surface area contributed by atoms with E-state index in [1.54, 1.807) is 54.6 Å². The fraction of sp³-hybridized carbons (Fsp3) is 0.237. The molecular weight excluding hydrogens is 600 g/mol. The van der Waals surface area contributed by atoms with Gasteiger partial charge in [-0.05, 0) is 115 Å². The Morgan fingerprint density at radius 3 is 2.11 bits per heavy atom. The summed E-state index contributed by atoms with van der Waals surface area (Å²) in [6.07, 6.45) is 5.12. The number of aliphatic hydroxyl groups is 1. The van der Waals surface area contributed by atoms with Gasteiger partial charge in [-0.25, -0.2) is 14.4 Å². The molecule has 0 bridgehead atoms. The maximum atomic E-state index is 13.1. The third kappa shape index (κ3) is 10.3. The van der Waals surface area contributed by atoms with Crippen molar-refractivity contribution in [2.24, 2.45) is 0 Å². The highest BCUT2D eigenvalue weighted by molar-refractivity contribution is 5.96. The van der Waals surface area contributed by atoms with Crippen LogP contribution in [0, 0.1) is 0 Å². The van der Waals surface area contributed by atoms with E-state index < -0.39 is 24.2 Å². The Morgan fingerprint density at radius 2 is 1.38 bits per heavy atom. The molecule has 4 aromatic rings. The minimum atomic E-state index is -1.27. The highest BCUT2D eigenvalue weighted by atomic mass is 16.6. The smallest absolute Gasteiger partial charge is 0.343 e. The fourth-order valence-electron chi connectivity index (χ4n) is 4.64. The molecule has 0 saturated carbocycles. The monoisotopic (exact) mass is 638 g/mol. The fourth-order valence-corrected chi connectivity index (χ4v) is 4.64. The molecule has 0 fully saturated rings. The van der Waals surface area contributed by atoms with Crippen molar-refractivity contribution in [3.63, 3.8) is 0 Å². The zero-order valence-electron chi connectivity index (χ0n) is 26.3. The van der Waals surface area contributed by atoms with Gasteiger partial charge in [-0.15, -0.1) is 0 Å². The number of rotatable bonds is 17. The second-order valence-corrected chi connectivity index (χ2v) is 10.5. The molecule has 0 aromatic heterocycles. The summed E-state index contributed by atoms with van der Waals surface area (Å²) >= 11 is 0. The second-order valence-electron chi connectivity index (χ2n) is 10.5. The van der Waals surface area contributed by atoms with Crippen molar-refractivity contribution in [3.05, 3.63) is 121 Å². The van der Waals surface area contributed by atoms with E-state index in [0.717, 1.165) is 59.9 Å². The maximum absolute atomic E-state index is 13.1. The second kappa shape index (κ2) is 17.3. The van der Waals surface area contributed by atoms with E-state index in [4.69, 9.17) is 23.7 Å². The Morgan fingerprint density at radius 1 is 0.723 bits per heavy atom. The number of unbranched alkanes of at least 4 members (excludes halogenated alkanes) is 3. The number of aryl methyl sites for hydroxylation is 1. The van der Waals surface area contributed by atoms with Gasteiger partial charge in [0.05, 0.1) is 18.8 Å². The number of ether oxygens (including phenoxy) is 5. The topological polar surface area (TPSA) is 118 Å². The van der Waals surface area contributed by atoms with Gasteiger partial charge in [0.25, 0.3) is 0 Å². The van der Waals surface area contributed by atoms with E-state index in [2.05, 4.69) is 13.2 Å². The van der Waals surface area contributed by atoms with Crippen LogP contribution in [-0.4, -0.2) is 36.2 Å². The quantitative estimate of drug-likeness (QED) is 0.0414. The van der Waals surface area contributed by atoms with Gasteiger partial charge in [0.2, 0.25) is 6.29 Å². The van der Waals surface area contributed by atoms with E-state index >= 15 is 0 Å². The largest absolute Gasteiger partial charge is 0.494 e. The van der Waals surface area contributed by atoms with Crippen LogP contribution in [0.3, 0.4) is 0 Å². The Bertz CT molecular complexity index is 1710. The molecule has 1 atom stereocenters. The van der Waals surface area contributed by atoms with Crippen molar-refractivity contribution in [1.29, 1.82) is 0 Å². The van der Waals surface area contributed by atoms with Crippen molar-refractivity contribution in [3.8, 4) is 23.0 Å². The first-order chi connectivity index (χ1) is 22.8. The van der Waals surface area contributed by atoms with Crippen molar-refractivity contribution in [2.45, 2.75) is 45.3 Å². The molecule has 0 amide bonds. The molecule has 9 heteroatoms. The third-order valence-electron chi connectivity index (χ3n) is 7.18. The van der Waals surface area contributed by atoms with Crippen LogP contribution in [0.4, 0.5) is 0 Å². The van der Waals surface area contributed by atoms with Crippen molar-refractivity contribution in [2.75, 3.05) is 13.2 Å². The molecule has 0 aliphatic rings. The molecule has 47 heavy (non-hydrogen) atoms. The molecule has 9 nitrogen and oxygen atoms in total. The van der Waals surface area contributed by atoms with Gasteiger partial charge in [-0.2, -0.15) is 0 Å². The summed E-state index contributed by atoms with van der Waals surface area (Å²) in [6.45, 7) is 9.63. The lowest BCUT2D eigenvalue weighted by Crippen LogP contribution is -2.10. The van der Waals surface area contributed by atoms with Gasteiger partial charge < -0.3 is 28.8 Å². The Hall–Kier alpha value is -5.41. The molecule has 1 N–H and O–H groups in total. The standard InChI is InChI=1S/C38H38O9/c1-4-26-24-33(46-37(41)27-13-16-31(17-14-27)45-36(40)6-3)19-20-34(26)47-38(42)30-12-11-29-25-32(18-15-28(29)23-30)43-21-9-7-8-10-22-44-35(39)5-2/h5-6,11-20,23-25,37,41H,2-4,7-10,21-22H2,1H3. The first-order valence-corrected chi connectivity index (χ1v) is 15.4. The Labute approximate surface area is 274 Å². The van der Waals surface area contributed by atoms with Crippen LogP contribution in [0.5, 0.6) is 23.0 Å². The van der Waals surface area contributed by atoms with Gasteiger partial charge >= 0.3 is 17.9 Å². The summed E-state index contributed by atoms with van der Waals surface area (Å²) in [5, 5.41) is 12.4. The van der Waals surface area contributed by atoms with Gasteiger partial charge in [0, 0.05) is 17.7 Å². The molecule has 0 aliphatic heterocycles.